The van der Waals surface area contributed by atoms with Crippen molar-refractivity contribution in [2.45, 2.75) is 44.2 Å². The highest BCUT2D eigenvalue weighted by Gasteiger charge is 2.32. The van der Waals surface area contributed by atoms with Crippen molar-refractivity contribution in [2.75, 3.05) is 49.1 Å². The number of benzene rings is 1. The summed E-state index contributed by atoms with van der Waals surface area (Å²) >= 11 is 0. The second kappa shape index (κ2) is 7.24. The van der Waals surface area contributed by atoms with Crippen molar-refractivity contribution < 1.29 is 5.11 Å². The molecule has 5 rings (SSSR count). The van der Waals surface area contributed by atoms with Gasteiger partial charge in [-0.25, -0.2) is 9.97 Å². The third kappa shape index (κ3) is 3.25. The molecule has 2 aromatic rings. The van der Waals surface area contributed by atoms with Crippen LogP contribution in [0.1, 0.15) is 32.1 Å². The number of aromatic nitrogens is 2. The van der Waals surface area contributed by atoms with Crippen LogP contribution in [0.2, 0.25) is 0 Å². The summed E-state index contributed by atoms with van der Waals surface area (Å²) in [4.78, 5) is 16.4. The standard InChI is InChI=1S/C21H29N5O/c27-20-5-3-4-19(20)25-12-10-24(11-13-25)16-6-7-18-17(14-16)21(23-15-22-18)26-8-1-2-9-26/h6-7,14-15,19-20,27H,1-5,8-13H2. The first kappa shape index (κ1) is 17.2. The molecule has 1 aliphatic carbocycles. The van der Waals surface area contributed by atoms with Crippen molar-refractivity contribution in [3.05, 3.63) is 24.5 Å². The molecule has 2 atom stereocenters. The lowest BCUT2D eigenvalue weighted by molar-refractivity contribution is 0.0671. The minimum absolute atomic E-state index is 0.127. The zero-order chi connectivity index (χ0) is 18.2. The normalized spacial score (nSPS) is 27.0. The molecular formula is C21H29N5O. The van der Waals surface area contributed by atoms with Crippen LogP contribution in [-0.4, -0.2) is 71.4 Å². The van der Waals surface area contributed by atoms with E-state index in [1.54, 1.807) is 6.33 Å². The Bertz CT molecular complexity index is 798. The molecule has 0 amide bonds. The molecule has 1 aromatic heterocycles. The highest BCUT2D eigenvalue weighted by molar-refractivity contribution is 5.92. The number of aliphatic hydroxyl groups is 1. The Morgan fingerprint density at radius 1 is 0.852 bits per heavy atom. The van der Waals surface area contributed by atoms with Gasteiger partial charge in [0.05, 0.1) is 11.6 Å². The monoisotopic (exact) mass is 367 g/mol. The molecule has 1 saturated carbocycles. The van der Waals surface area contributed by atoms with Crippen molar-refractivity contribution in [1.29, 1.82) is 0 Å². The lowest BCUT2D eigenvalue weighted by Crippen LogP contribution is -2.52. The van der Waals surface area contributed by atoms with Gasteiger partial charge in [0, 0.05) is 56.4 Å². The smallest absolute Gasteiger partial charge is 0.139 e. The van der Waals surface area contributed by atoms with Gasteiger partial charge < -0.3 is 14.9 Å². The van der Waals surface area contributed by atoms with Crippen LogP contribution >= 0.6 is 0 Å². The predicted molar refractivity (Wildman–Crippen MR) is 108 cm³/mol. The van der Waals surface area contributed by atoms with Crippen LogP contribution in [0.25, 0.3) is 10.9 Å². The first-order chi connectivity index (χ1) is 13.3. The summed E-state index contributed by atoms with van der Waals surface area (Å²) in [5.74, 6) is 1.09. The number of hydrogen-bond donors (Lipinski definition) is 1. The molecule has 2 aliphatic heterocycles. The Balaban J connectivity index is 1.35. The maximum atomic E-state index is 10.2. The summed E-state index contributed by atoms with van der Waals surface area (Å²) in [5, 5.41) is 11.4. The highest BCUT2D eigenvalue weighted by atomic mass is 16.3. The van der Waals surface area contributed by atoms with Gasteiger partial charge in [0.2, 0.25) is 0 Å². The van der Waals surface area contributed by atoms with E-state index in [4.69, 9.17) is 0 Å². The molecule has 0 spiro atoms. The van der Waals surface area contributed by atoms with Crippen molar-refractivity contribution in [1.82, 2.24) is 14.9 Å². The lowest BCUT2D eigenvalue weighted by atomic mass is 10.1. The summed E-state index contributed by atoms with van der Waals surface area (Å²) in [7, 11) is 0. The Kier molecular flexibility index (Phi) is 4.61. The van der Waals surface area contributed by atoms with Gasteiger partial charge in [0.15, 0.2) is 0 Å². The van der Waals surface area contributed by atoms with E-state index in [0.29, 0.717) is 6.04 Å². The fraction of sp³-hybridized carbons (Fsp3) is 0.619. The van der Waals surface area contributed by atoms with Crippen LogP contribution in [0, 0.1) is 0 Å². The van der Waals surface area contributed by atoms with Crippen LogP contribution < -0.4 is 9.80 Å². The molecule has 6 heteroatoms. The van der Waals surface area contributed by atoms with Gasteiger partial charge in [-0.3, -0.25) is 4.90 Å². The van der Waals surface area contributed by atoms with E-state index < -0.39 is 0 Å². The third-order valence-electron chi connectivity index (χ3n) is 6.60. The molecule has 0 bridgehead atoms. The Labute approximate surface area is 160 Å². The highest BCUT2D eigenvalue weighted by Crippen LogP contribution is 2.31. The molecular weight excluding hydrogens is 338 g/mol. The second-order valence-corrected chi connectivity index (χ2v) is 8.18. The zero-order valence-electron chi connectivity index (χ0n) is 15.9. The van der Waals surface area contributed by atoms with E-state index in [-0.39, 0.29) is 6.10 Å². The number of nitrogens with zero attached hydrogens (tertiary/aromatic N) is 5. The van der Waals surface area contributed by atoms with Gasteiger partial charge in [-0.15, -0.1) is 0 Å². The zero-order valence-corrected chi connectivity index (χ0v) is 15.9. The number of hydrogen-bond acceptors (Lipinski definition) is 6. The van der Waals surface area contributed by atoms with Gasteiger partial charge in [-0.1, -0.05) is 0 Å². The summed E-state index contributed by atoms with van der Waals surface area (Å²) in [6.45, 7) is 6.29. The summed E-state index contributed by atoms with van der Waals surface area (Å²) < 4.78 is 0. The topological polar surface area (TPSA) is 55.7 Å². The average Bonchev–Trinajstić information content (AvgIpc) is 3.39. The Morgan fingerprint density at radius 3 is 2.41 bits per heavy atom. The van der Waals surface area contributed by atoms with E-state index in [1.807, 2.05) is 0 Å². The fourth-order valence-corrected chi connectivity index (χ4v) is 5.07. The number of rotatable bonds is 3. The number of anilines is 2. The Hall–Kier alpha value is -1.92. The van der Waals surface area contributed by atoms with Gasteiger partial charge in [-0.2, -0.15) is 0 Å². The van der Waals surface area contributed by atoms with Crippen LogP contribution in [0.15, 0.2) is 24.5 Å². The van der Waals surface area contributed by atoms with E-state index in [1.165, 1.54) is 23.9 Å². The molecule has 3 heterocycles. The van der Waals surface area contributed by atoms with Crippen LogP contribution in [0.4, 0.5) is 11.5 Å². The van der Waals surface area contributed by atoms with Gasteiger partial charge in [-0.05, 0) is 50.3 Å². The van der Waals surface area contributed by atoms with Crippen molar-refractivity contribution in [3.8, 4) is 0 Å². The number of aliphatic hydroxyl groups excluding tert-OH is 1. The third-order valence-corrected chi connectivity index (χ3v) is 6.60. The molecule has 144 valence electrons. The molecule has 3 fully saturated rings. The minimum Gasteiger partial charge on any atom is -0.391 e. The van der Waals surface area contributed by atoms with E-state index >= 15 is 0 Å². The minimum atomic E-state index is -0.127. The molecule has 0 radical (unpaired) electrons. The maximum Gasteiger partial charge on any atom is 0.139 e. The van der Waals surface area contributed by atoms with Crippen LogP contribution in [0.5, 0.6) is 0 Å². The Morgan fingerprint density at radius 2 is 1.67 bits per heavy atom. The number of fused-ring (bicyclic) bond motifs is 1. The van der Waals surface area contributed by atoms with Crippen molar-refractivity contribution in [3.63, 3.8) is 0 Å². The van der Waals surface area contributed by atoms with E-state index in [9.17, 15) is 5.11 Å². The largest absolute Gasteiger partial charge is 0.391 e. The first-order valence-electron chi connectivity index (χ1n) is 10.5. The van der Waals surface area contributed by atoms with E-state index in [2.05, 4.69) is 42.9 Å². The molecule has 27 heavy (non-hydrogen) atoms. The van der Waals surface area contributed by atoms with Gasteiger partial charge in [0.1, 0.15) is 12.1 Å². The predicted octanol–water partition coefficient (Wildman–Crippen LogP) is 2.27. The molecule has 2 unspecified atom stereocenters. The molecule has 6 nitrogen and oxygen atoms in total. The first-order valence-corrected chi connectivity index (χ1v) is 10.5. The summed E-state index contributed by atoms with van der Waals surface area (Å²) in [5.41, 5.74) is 2.30. The molecule has 3 aliphatic rings. The number of piperazine rings is 1. The van der Waals surface area contributed by atoms with E-state index in [0.717, 1.165) is 69.9 Å². The molecule has 1 N–H and O–H groups in total. The fourth-order valence-electron chi connectivity index (χ4n) is 5.07. The maximum absolute atomic E-state index is 10.2. The van der Waals surface area contributed by atoms with Gasteiger partial charge in [0.25, 0.3) is 0 Å². The molecule has 1 aromatic carbocycles. The molecule has 2 saturated heterocycles. The average molecular weight is 367 g/mol. The SMILES string of the molecule is OC1CCCC1N1CCN(c2ccc3ncnc(N4CCCC4)c3c2)CC1. The van der Waals surface area contributed by atoms with Crippen LogP contribution in [0.3, 0.4) is 0 Å². The van der Waals surface area contributed by atoms with Crippen molar-refractivity contribution in [2.24, 2.45) is 0 Å². The second-order valence-electron chi connectivity index (χ2n) is 8.18. The quantitative estimate of drug-likeness (QED) is 0.898. The van der Waals surface area contributed by atoms with Crippen molar-refractivity contribution >= 4 is 22.4 Å². The van der Waals surface area contributed by atoms with Gasteiger partial charge >= 0.3 is 0 Å². The summed E-state index contributed by atoms with van der Waals surface area (Å²) in [6.07, 6.45) is 7.34. The summed E-state index contributed by atoms with van der Waals surface area (Å²) in [6, 6.07) is 6.99. The van der Waals surface area contributed by atoms with Crippen LogP contribution in [-0.2, 0) is 0 Å². The lowest BCUT2D eigenvalue weighted by Gasteiger charge is -2.40.